The Hall–Kier alpha value is -1.36. The monoisotopic (exact) mass is 270 g/mol. The van der Waals surface area contributed by atoms with Crippen molar-refractivity contribution in [3.05, 3.63) is 34.3 Å². The summed E-state index contributed by atoms with van der Waals surface area (Å²) in [6.07, 6.45) is -0.127. The van der Waals surface area contributed by atoms with Crippen LogP contribution in [0.5, 0.6) is 0 Å². The van der Waals surface area contributed by atoms with Crippen molar-refractivity contribution in [2.24, 2.45) is 5.92 Å². The fourth-order valence-corrected chi connectivity index (χ4v) is 1.38. The second-order valence-electron chi connectivity index (χ2n) is 3.02. The number of aliphatic carboxylic acids is 2. The van der Waals surface area contributed by atoms with Crippen LogP contribution in [0.25, 0.3) is 0 Å². The topological polar surface area (TPSA) is 80.3 Å². The third-order valence-electron chi connectivity index (χ3n) is 1.92. The zero-order valence-corrected chi connectivity index (χ0v) is 9.19. The van der Waals surface area contributed by atoms with Crippen LogP contribution in [0.1, 0.15) is 5.56 Å². The van der Waals surface area contributed by atoms with Gasteiger partial charge in [0.1, 0.15) is 0 Å². The van der Waals surface area contributed by atoms with Gasteiger partial charge >= 0.3 is 0 Å². The number of carbonyl (C=O) groups is 2. The summed E-state index contributed by atoms with van der Waals surface area (Å²) in [7, 11) is 0. The summed E-state index contributed by atoms with van der Waals surface area (Å²) >= 11 is 3.21. The average Bonchev–Trinajstić information content (AvgIpc) is 2.15. The van der Waals surface area contributed by atoms with Gasteiger partial charge in [0, 0.05) is 10.4 Å². The molecule has 0 aliphatic carbocycles. The summed E-state index contributed by atoms with van der Waals surface area (Å²) in [6, 6.07) is 6.69. The summed E-state index contributed by atoms with van der Waals surface area (Å²) in [4.78, 5) is 20.9. The summed E-state index contributed by atoms with van der Waals surface area (Å²) in [5.41, 5.74) is 0.608. The lowest BCUT2D eigenvalue weighted by molar-refractivity contribution is -0.331. The van der Waals surface area contributed by atoms with Crippen LogP contribution in [-0.4, -0.2) is 11.9 Å². The van der Waals surface area contributed by atoms with Crippen LogP contribution >= 0.6 is 15.9 Å². The summed E-state index contributed by atoms with van der Waals surface area (Å²) in [5.74, 6) is -4.86. The number of rotatable bonds is 4. The molecule has 4 nitrogen and oxygen atoms in total. The molecule has 0 saturated heterocycles. The highest BCUT2D eigenvalue weighted by atomic mass is 79.9. The zero-order valence-electron chi connectivity index (χ0n) is 7.60. The number of carboxylic acids is 2. The third-order valence-corrected chi connectivity index (χ3v) is 2.45. The summed E-state index contributed by atoms with van der Waals surface area (Å²) < 4.78 is 0.838. The van der Waals surface area contributed by atoms with E-state index in [0.29, 0.717) is 5.56 Å². The molecule has 0 atom stereocenters. The van der Waals surface area contributed by atoms with E-state index in [1.54, 1.807) is 24.3 Å². The molecule has 0 amide bonds. The summed E-state index contributed by atoms with van der Waals surface area (Å²) in [6.45, 7) is 0. The van der Waals surface area contributed by atoms with E-state index in [1.807, 2.05) is 0 Å². The molecule has 0 bridgehead atoms. The number of carbonyl (C=O) groups excluding carboxylic acids is 2. The predicted molar refractivity (Wildman–Crippen MR) is 51.4 cm³/mol. The van der Waals surface area contributed by atoms with Gasteiger partial charge in [0.15, 0.2) is 0 Å². The number of benzene rings is 1. The molecule has 0 radical (unpaired) electrons. The Bertz CT molecular complexity index is 358. The van der Waals surface area contributed by atoms with E-state index in [4.69, 9.17) is 0 Å². The van der Waals surface area contributed by atoms with Crippen molar-refractivity contribution in [3.63, 3.8) is 0 Å². The van der Waals surface area contributed by atoms with Crippen molar-refractivity contribution < 1.29 is 19.8 Å². The molecule has 0 spiro atoms. The lowest BCUT2D eigenvalue weighted by Crippen LogP contribution is -2.44. The smallest absolute Gasteiger partial charge is 0.0504 e. The van der Waals surface area contributed by atoms with Crippen LogP contribution in [0.15, 0.2) is 28.7 Å². The SMILES string of the molecule is O=C([O-])C(Cc1ccc(Br)cc1)C(=O)[O-]. The standard InChI is InChI=1S/C10H9BrO4/c11-7-3-1-6(2-4-7)5-8(9(12)13)10(14)15/h1-4,8H,5H2,(H,12,13)(H,14,15)/p-2. The second-order valence-corrected chi connectivity index (χ2v) is 3.94. The van der Waals surface area contributed by atoms with E-state index in [0.717, 1.165) is 4.47 Å². The maximum atomic E-state index is 10.5. The zero-order chi connectivity index (χ0) is 11.4. The van der Waals surface area contributed by atoms with E-state index < -0.39 is 17.9 Å². The molecule has 80 valence electrons. The van der Waals surface area contributed by atoms with Gasteiger partial charge in [-0.2, -0.15) is 0 Å². The van der Waals surface area contributed by atoms with Crippen molar-refractivity contribution in [2.75, 3.05) is 0 Å². The Morgan fingerprint density at radius 1 is 1.13 bits per heavy atom. The minimum atomic E-state index is -1.63. The molecule has 1 aromatic carbocycles. The van der Waals surface area contributed by atoms with E-state index in [1.165, 1.54) is 0 Å². The maximum Gasteiger partial charge on any atom is 0.0504 e. The van der Waals surface area contributed by atoms with E-state index >= 15 is 0 Å². The van der Waals surface area contributed by atoms with Crippen LogP contribution in [-0.2, 0) is 16.0 Å². The Morgan fingerprint density at radius 2 is 1.60 bits per heavy atom. The summed E-state index contributed by atoms with van der Waals surface area (Å²) in [5, 5.41) is 20.9. The lowest BCUT2D eigenvalue weighted by atomic mass is 10.00. The van der Waals surface area contributed by atoms with E-state index in [-0.39, 0.29) is 6.42 Å². The second kappa shape index (κ2) is 4.93. The van der Waals surface area contributed by atoms with Crippen LogP contribution in [0.3, 0.4) is 0 Å². The Morgan fingerprint density at radius 3 is 2.00 bits per heavy atom. The number of carboxylic acid groups (broad SMARTS) is 2. The Kier molecular flexibility index (Phi) is 3.85. The molecular formula is C10H7BrO4-2. The van der Waals surface area contributed by atoms with Gasteiger partial charge < -0.3 is 19.8 Å². The molecular weight excluding hydrogens is 264 g/mol. The Balaban J connectivity index is 2.79. The number of halogens is 1. The van der Waals surface area contributed by atoms with Gasteiger partial charge in [-0.15, -0.1) is 0 Å². The predicted octanol–water partition coefficient (Wildman–Crippen LogP) is -0.892. The molecule has 5 heteroatoms. The average molecular weight is 271 g/mol. The minimum absolute atomic E-state index is 0.127. The van der Waals surface area contributed by atoms with Crippen molar-refractivity contribution in [3.8, 4) is 0 Å². The molecule has 15 heavy (non-hydrogen) atoms. The van der Waals surface area contributed by atoms with E-state index in [2.05, 4.69) is 15.9 Å². The molecule has 0 N–H and O–H groups in total. The van der Waals surface area contributed by atoms with Gasteiger partial charge in [0.05, 0.1) is 11.9 Å². The highest BCUT2D eigenvalue weighted by Crippen LogP contribution is 2.13. The quantitative estimate of drug-likeness (QED) is 0.665. The van der Waals surface area contributed by atoms with Gasteiger partial charge in [0.25, 0.3) is 0 Å². The first kappa shape index (κ1) is 11.7. The van der Waals surface area contributed by atoms with Gasteiger partial charge in [-0.25, -0.2) is 0 Å². The molecule has 0 aliphatic rings. The number of hydrogen-bond acceptors (Lipinski definition) is 4. The van der Waals surface area contributed by atoms with Crippen LogP contribution in [0.2, 0.25) is 0 Å². The molecule has 0 aromatic heterocycles. The first-order valence-electron chi connectivity index (χ1n) is 4.17. The van der Waals surface area contributed by atoms with Gasteiger partial charge in [-0.3, -0.25) is 0 Å². The van der Waals surface area contributed by atoms with Crippen LogP contribution in [0.4, 0.5) is 0 Å². The first-order valence-corrected chi connectivity index (χ1v) is 4.96. The maximum absolute atomic E-state index is 10.5. The van der Waals surface area contributed by atoms with Crippen LogP contribution in [0, 0.1) is 5.92 Å². The molecule has 0 heterocycles. The van der Waals surface area contributed by atoms with Gasteiger partial charge in [0.2, 0.25) is 0 Å². The van der Waals surface area contributed by atoms with Gasteiger partial charge in [-0.05, 0) is 24.1 Å². The normalized spacial score (nSPS) is 10.3. The molecule has 0 fully saturated rings. The fraction of sp³-hybridized carbons (Fsp3) is 0.200. The van der Waals surface area contributed by atoms with E-state index in [9.17, 15) is 19.8 Å². The molecule has 1 rings (SSSR count). The van der Waals surface area contributed by atoms with Crippen molar-refractivity contribution in [1.82, 2.24) is 0 Å². The molecule has 0 saturated carbocycles. The number of hydrogen-bond donors (Lipinski definition) is 0. The first-order chi connectivity index (χ1) is 7.00. The Labute approximate surface area is 94.7 Å². The molecule has 0 aliphatic heterocycles. The fourth-order valence-electron chi connectivity index (χ4n) is 1.12. The van der Waals surface area contributed by atoms with Crippen molar-refractivity contribution >= 4 is 27.9 Å². The minimum Gasteiger partial charge on any atom is -0.549 e. The molecule has 1 aromatic rings. The van der Waals surface area contributed by atoms with Crippen molar-refractivity contribution in [1.29, 1.82) is 0 Å². The van der Waals surface area contributed by atoms with Gasteiger partial charge in [-0.1, -0.05) is 28.1 Å². The highest BCUT2D eigenvalue weighted by molar-refractivity contribution is 9.10. The third kappa shape index (κ3) is 3.36. The van der Waals surface area contributed by atoms with Crippen molar-refractivity contribution in [2.45, 2.75) is 6.42 Å². The highest BCUT2D eigenvalue weighted by Gasteiger charge is 2.11. The molecule has 0 unspecified atom stereocenters. The lowest BCUT2D eigenvalue weighted by Gasteiger charge is -2.18. The van der Waals surface area contributed by atoms with Crippen LogP contribution < -0.4 is 10.2 Å². The largest absolute Gasteiger partial charge is 0.549 e.